The molecule has 114 heavy (non-hydrogen) atoms. The minimum absolute atomic E-state index is 1.09. The van der Waals surface area contributed by atoms with Crippen molar-refractivity contribution in [3.05, 3.63) is 473 Å². The predicted octanol–water partition coefficient (Wildman–Crippen LogP) is 31.6. The maximum absolute atomic E-state index is 2.35. The lowest BCUT2D eigenvalue weighted by atomic mass is 9.96. The third-order valence-corrected chi connectivity index (χ3v) is 22.2. The third kappa shape index (κ3) is 14.4. The molecule has 0 spiro atoms. The molecule has 0 aliphatic heterocycles. The van der Waals surface area contributed by atoms with Crippen LogP contribution in [0.4, 0.5) is 34.1 Å². The lowest BCUT2D eigenvalue weighted by Gasteiger charge is -2.26. The molecule has 0 aromatic heterocycles. The number of hydrogen-bond donors (Lipinski definition) is 0. The fraction of sp³-hybridized carbons (Fsp3) is 0. The first-order chi connectivity index (χ1) is 56.5. The van der Waals surface area contributed by atoms with Gasteiger partial charge in [0.15, 0.2) is 0 Å². The molecule has 0 saturated carbocycles. The van der Waals surface area contributed by atoms with Gasteiger partial charge in [-0.1, -0.05) is 388 Å². The number of hydrogen-bond acceptors (Lipinski definition) is 2. The standard InChI is InChI=1S/C62H43N.C50H35N/c1-2-11-44(12-3-1)54-17-8-18-55(43-54)49-35-41-58(42-36-49)63(56-37-31-47(32-38-56)45-23-27-52(28-24-45)61-21-9-15-50-13-4-6-19-59(50)61)57-39-33-48(34-40-57)46-25-29-53(30-26-46)62-22-10-16-51-14-5-7-20-60(51)62;1-2-11-36(12-3-1)42-17-8-18-43(35-42)37-23-29-44(30-24-37)51(45-31-25-40(26-32-45)49-21-9-15-38-13-4-6-19-47(38)49)46-33-27-41(28-34-46)50-22-10-16-39-14-5-7-20-48(39)50/h1-43H;1-35H. The van der Waals surface area contributed by atoms with E-state index >= 15 is 0 Å². The summed E-state index contributed by atoms with van der Waals surface area (Å²) in [6.45, 7) is 0. The van der Waals surface area contributed by atoms with E-state index in [1.807, 2.05) is 0 Å². The van der Waals surface area contributed by atoms with Gasteiger partial charge < -0.3 is 9.80 Å². The lowest BCUT2D eigenvalue weighted by Crippen LogP contribution is -2.09. The summed E-state index contributed by atoms with van der Waals surface area (Å²) in [5.41, 5.74) is 30.8. The fourth-order valence-electron chi connectivity index (χ4n) is 16.3. The highest BCUT2D eigenvalue weighted by atomic mass is 15.1. The van der Waals surface area contributed by atoms with E-state index in [4.69, 9.17) is 0 Å². The van der Waals surface area contributed by atoms with Crippen molar-refractivity contribution in [3.8, 4) is 111 Å². The summed E-state index contributed by atoms with van der Waals surface area (Å²) in [5.74, 6) is 0. The molecule has 0 saturated heterocycles. The second kappa shape index (κ2) is 31.6. The summed E-state index contributed by atoms with van der Waals surface area (Å²) in [4.78, 5) is 4.70. The summed E-state index contributed by atoms with van der Waals surface area (Å²) in [5, 5.41) is 10.1. The van der Waals surface area contributed by atoms with Crippen LogP contribution in [0.5, 0.6) is 0 Å². The van der Waals surface area contributed by atoms with Crippen LogP contribution in [0.25, 0.3) is 154 Å². The van der Waals surface area contributed by atoms with Gasteiger partial charge in [0, 0.05) is 34.1 Å². The molecule has 0 fully saturated rings. The quantitative estimate of drug-likeness (QED) is 0.0951. The predicted molar refractivity (Wildman–Crippen MR) is 487 cm³/mol. The monoisotopic (exact) mass is 1450 g/mol. The minimum Gasteiger partial charge on any atom is -0.311 e. The molecular formula is C112H78N2. The molecule has 0 aliphatic carbocycles. The first-order valence-corrected chi connectivity index (χ1v) is 39.2. The second-order valence-electron chi connectivity index (χ2n) is 29.1. The second-order valence-corrected chi connectivity index (χ2v) is 29.1. The van der Waals surface area contributed by atoms with Crippen LogP contribution in [0.15, 0.2) is 473 Å². The molecule has 0 amide bonds. The van der Waals surface area contributed by atoms with Crippen molar-refractivity contribution in [2.24, 2.45) is 0 Å². The Morgan fingerprint density at radius 2 is 0.263 bits per heavy atom. The zero-order chi connectivity index (χ0) is 75.9. The molecule has 2 heteroatoms. The van der Waals surface area contributed by atoms with Crippen LogP contribution in [-0.2, 0) is 0 Å². The Hall–Kier alpha value is -15.0. The molecule has 0 radical (unpaired) electrons. The molecule has 20 rings (SSSR count). The van der Waals surface area contributed by atoms with Gasteiger partial charge in [-0.25, -0.2) is 0 Å². The van der Waals surface area contributed by atoms with Gasteiger partial charge in [0.05, 0.1) is 0 Å². The zero-order valence-corrected chi connectivity index (χ0v) is 62.9. The maximum Gasteiger partial charge on any atom is 0.0462 e. The molecule has 536 valence electrons. The Kier molecular flexibility index (Phi) is 19.2. The SMILES string of the molecule is c1ccc(-c2cccc(-c3ccc(N(c4ccc(-c5ccc(-c6cccc7ccccc67)cc5)cc4)c4ccc(-c5ccc(-c6cccc7ccccc67)cc5)cc4)cc3)c2)cc1.c1ccc(-c2cccc(-c3ccc(N(c4ccc(-c5cccc6ccccc56)cc4)c4ccc(-c5cccc6ccccc56)cc4)cc3)c2)cc1. The van der Waals surface area contributed by atoms with E-state index in [2.05, 4.69) is 483 Å². The molecule has 2 nitrogen and oxygen atoms in total. The lowest BCUT2D eigenvalue weighted by molar-refractivity contribution is 1.28. The van der Waals surface area contributed by atoms with Gasteiger partial charge in [0.2, 0.25) is 0 Å². The van der Waals surface area contributed by atoms with E-state index in [1.54, 1.807) is 0 Å². The van der Waals surface area contributed by atoms with E-state index in [0.717, 1.165) is 34.1 Å². The summed E-state index contributed by atoms with van der Waals surface area (Å²) < 4.78 is 0. The minimum atomic E-state index is 1.09. The highest BCUT2D eigenvalue weighted by molar-refractivity contribution is 6.01. The van der Waals surface area contributed by atoms with Crippen molar-refractivity contribution in [1.82, 2.24) is 0 Å². The van der Waals surface area contributed by atoms with Crippen LogP contribution in [0, 0.1) is 0 Å². The molecule has 0 unspecified atom stereocenters. The normalized spacial score (nSPS) is 11.2. The Morgan fingerprint density at radius 3 is 0.509 bits per heavy atom. The molecule has 0 heterocycles. The molecular weight excluding hydrogens is 1370 g/mol. The smallest absolute Gasteiger partial charge is 0.0462 e. The van der Waals surface area contributed by atoms with Crippen LogP contribution in [-0.4, -0.2) is 0 Å². The third-order valence-electron chi connectivity index (χ3n) is 22.2. The van der Waals surface area contributed by atoms with Gasteiger partial charge in [-0.3, -0.25) is 0 Å². The van der Waals surface area contributed by atoms with Gasteiger partial charge in [-0.2, -0.15) is 0 Å². The van der Waals surface area contributed by atoms with Crippen LogP contribution in [0.3, 0.4) is 0 Å². The number of rotatable bonds is 16. The molecule has 20 aromatic rings. The van der Waals surface area contributed by atoms with Gasteiger partial charge in [0.1, 0.15) is 0 Å². The summed E-state index contributed by atoms with van der Waals surface area (Å²) in [6, 6.07) is 171. The summed E-state index contributed by atoms with van der Waals surface area (Å²) in [7, 11) is 0. The first kappa shape index (κ1) is 69.5. The first-order valence-electron chi connectivity index (χ1n) is 39.2. The van der Waals surface area contributed by atoms with Crippen molar-refractivity contribution < 1.29 is 0 Å². The van der Waals surface area contributed by atoms with Crippen molar-refractivity contribution >= 4 is 77.2 Å². The van der Waals surface area contributed by atoms with Crippen LogP contribution in [0.1, 0.15) is 0 Å². The van der Waals surface area contributed by atoms with E-state index in [1.165, 1.54) is 154 Å². The number of anilines is 6. The number of nitrogens with zero attached hydrogens (tertiary/aromatic N) is 2. The Labute approximate surface area is 667 Å². The van der Waals surface area contributed by atoms with Gasteiger partial charge in [-0.05, 0) is 239 Å². The van der Waals surface area contributed by atoms with Crippen molar-refractivity contribution in [1.29, 1.82) is 0 Å². The van der Waals surface area contributed by atoms with Gasteiger partial charge in [0.25, 0.3) is 0 Å². The fourth-order valence-corrected chi connectivity index (χ4v) is 16.3. The van der Waals surface area contributed by atoms with E-state index in [0.29, 0.717) is 0 Å². The summed E-state index contributed by atoms with van der Waals surface area (Å²) in [6.07, 6.45) is 0. The zero-order valence-electron chi connectivity index (χ0n) is 62.9. The van der Waals surface area contributed by atoms with Crippen molar-refractivity contribution in [2.45, 2.75) is 0 Å². The van der Waals surface area contributed by atoms with E-state index in [-0.39, 0.29) is 0 Å². The Balaban J connectivity index is 0.000000156. The van der Waals surface area contributed by atoms with E-state index < -0.39 is 0 Å². The Morgan fingerprint density at radius 1 is 0.105 bits per heavy atom. The largest absolute Gasteiger partial charge is 0.311 e. The number of benzene rings is 20. The molecule has 0 aliphatic rings. The van der Waals surface area contributed by atoms with Crippen LogP contribution < -0.4 is 9.80 Å². The molecule has 0 bridgehead atoms. The maximum atomic E-state index is 2.35. The molecule has 0 N–H and O–H groups in total. The topological polar surface area (TPSA) is 6.48 Å². The van der Waals surface area contributed by atoms with Crippen LogP contribution >= 0.6 is 0 Å². The molecule has 0 atom stereocenters. The summed E-state index contributed by atoms with van der Waals surface area (Å²) >= 11 is 0. The van der Waals surface area contributed by atoms with Gasteiger partial charge in [-0.15, -0.1) is 0 Å². The highest BCUT2D eigenvalue weighted by Crippen LogP contribution is 2.43. The van der Waals surface area contributed by atoms with Gasteiger partial charge >= 0.3 is 0 Å². The van der Waals surface area contributed by atoms with E-state index in [9.17, 15) is 0 Å². The van der Waals surface area contributed by atoms with Crippen molar-refractivity contribution in [2.75, 3.05) is 9.80 Å². The van der Waals surface area contributed by atoms with Crippen LogP contribution in [0.2, 0.25) is 0 Å². The average Bonchev–Trinajstić information content (AvgIpc) is 0.787. The number of fused-ring (bicyclic) bond motifs is 4. The average molecular weight is 1450 g/mol. The van der Waals surface area contributed by atoms with Crippen molar-refractivity contribution in [3.63, 3.8) is 0 Å². The Bertz CT molecular complexity index is 6450. The highest BCUT2D eigenvalue weighted by Gasteiger charge is 2.19. The molecule has 20 aromatic carbocycles.